The number of hydrogen-bond donors (Lipinski definition) is 5. The van der Waals surface area contributed by atoms with E-state index >= 15 is 0 Å². The van der Waals surface area contributed by atoms with Crippen LogP contribution in [0.3, 0.4) is 0 Å². The van der Waals surface area contributed by atoms with Crippen molar-refractivity contribution in [2.24, 2.45) is 5.73 Å². The van der Waals surface area contributed by atoms with E-state index in [2.05, 4.69) is 66.1 Å². The molecule has 0 spiro atoms. The molecule has 2 aromatic heterocycles. The number of amides is 6. The number of primary amides is 1. The van der Waals surface area contributed by atoms with Crippen molar-refractivity contribution < 1.29 is 47.8 Å². The summed E-state index contributed by atoms with van der Waals surface area (Å²) in [6.07, 6.45) is 8.05. The second-order valence-electron chi connectivity index (χ2n) is 15.4. The number of anilines is 5. The number of nitrogens with two attached hydrogens (primary N) is 1. The summed E-state index contributed by atoms with van der Waals surface area (Å²) in [4.78, 5) is 94.0. The molecule has 0 saturated carbocycles. The number of nitrogens with zero attached hydrogens (tertiary/aromatic N) is 4. The van der Waals surface area contributed by atoms with Crippen molar-refractivity contribution in [1.82, 2.24) is 20.2 Å². The van der Waals surface area contributed by atoms with Gasteiger partial charge in [0, 0.05) is 73.6 Å². The Morgan fingerprint density at radius 1 is 0.824 bits per heavy atom. The molecule has 7 rings (SSSR count). The minimum atomic E-state index is -1.03. The van der Waals surface area contributed by atoms with E-state index in [1.54, 1.807) is 24.5 Å². The number of aldehydes is 1. The number of pyridine rings is 2. The zero-order valence-corrected chi connectivity index (χ0v) is 37.5. The predicted octanol–water partition coefficient (Wildman–Crippen LogP) is 4.57. The van der Waals surface area contributed by atoms with Gasteiger partial charge in [-0.05, 0) is 78.6 Å². The molecule has 0 radical (unpaired) electrons. The van der Waals surface area contributed by atoms with Gasteiger partial charge in [-0.1, -0.05) is 30.3 Å². The topological polar surface area (TPSA) is 254 Å². The molecule has 5 aromatic rings. The molecular weight excluding hydrogens is 875 g/mol. The van der Waals surface area contributed by atoms with Crippen molar-refractivity contribution >= 4 is 70.8 Å². The van der Waals surface area contributed by atoms with E-state index in [-0.39, 0.29) is 56.1 Å². The summed E-state index contributed by atoms with van der Waals surface area (Å²) in [6.45, 7) is 2.39. The third-order valence-corrected chi connectivity index (χ3v) is 10.7. The normalized spacial score (nSPS) is 14.0. The zero-order valence-electron chi connectivity index (χ0n) is 37.5. The van der Waals surface area contributed by atoms with Crippen LogP contribution < -0.4 is 31.9 Å². The number of ether oxygens (including phenoxy) is 3. The Hall–Kier alpha value is -7.87. The second kappa shape index (κ2) is 25.2. The lowest BCUT2D eigenvalue weighted by atomic mass is 10.0. The molecule has 3 aromatic carbocycles. The van der Waals surface area contributed by atoms with E-state index in [4.69, 9.17) is 19.0 Å². The number of benzene rings is 3. The maximum atomic E-state index is 13.2. The predicted molar refractivity (Wildman–Crippen MR) is 254 cm³/mol. The molecule has 1 atom stereocenters. The molecule has 1 unspecified atom stereocenters. The van der Waals surface area contributed by atoms with Crippen LogP contribution in [-0.4, -0.2) is 123 Å². The number of imide groups is 2. The molecule has 4 heterocycles. The minimum absolute atomic E-state index is 0.0493. The van der Waals surface area contributed by atoms with Gasteiger partial charge in [-0.2, -0.15) is 0 Å². The Morgan fingerprint density at radius 3 is 2.22 bits per heavy atom. The SMILES string of the molecule is CN(CCCC=O)c1ccc(-c2ccc(Nc3cncc(-c4ccc(NC(=O)COCCOCCOCCNc5cccc6c5C(=O)N(C5CCC(=O)NC5=O)C6=O)cc4)c3)nc2)cc1.NC=O. The molecule has 6 N–H and O–H groups in total. The number of rotatable bonds is 23. The van der Waals surface area contributed by atoms with Gasteiger partial charge in [0.05, 0.1) is 56.0 Å². The molecule has 19 nitrogen and oxygen atoms in total. The van der Waals surface area contributed by atoms with Gasteiger partial charge in [-0.15, -0.1) is 0 Å². The van der Waals surface area contributed by atoms with Crippen LogP contribution in [0.4, 0.5) is 28.6 Å². The fourth-order valence-corrected chi connectivity index (χ4v) is 7.37. The summed E-state index contributed by atoms with van der Waals surface area (Å²) in [5, 5.41) is 11.5. The largest absolute Gasteiger partial charge is 0.382 e. The van der Waals surface area contributed by atoms with Crippen molar-refractivity contribution in [2.45, 2.75) is 31.7 Å². The van der Waals surface area contributed by atoms with E-state index in [0.717, 1.165) is 57.8 Å². The summed E-state index contributed by atoms with van der Waals surface area (Å²) in [5.41, 5.74) is 11.3. The molecule has 354 valence electrons. The maximum absolute atomic E-state index is 13.2. The highest BCUT2D eigenvalue weighted by molar-refractivity contribution is 6.25. The molecule has 2 aliphatic rings. The summed E-state index contributed by atoms with van der Waals surface area (Å²) in [7, 11) is 2.02. The molecule has 0 bridgehead atoms. The van der Waals surface area contributed by atoms with E-state index in [9.17, 15) is 28.8 Å². The highest BCUT2D eigenvalue weighted by Gasteiger charge is 2.45. The van der Waals surface area contributed by atoms with Crippen LogP contribution in [0.1, 0.15) is 46.4 Å². The van der Waals surface area contributed by atoms with Crippen molar-refractivity contribution in [3.63, 3.8) is 0 Å². The quantitative estimate of drug-likeness (QED) is 0.0342. The Bertz CT molecular complexity index is 2540. The lowest BCUT2D eigenvalue weighted by Crippen LogP contribution is -2.54. The lowest BCUT2D eigenvalue weighted by Gasteiger charge is -2.27. The van der Waals surface area contributed by atoms with Gasteiger partial charge in [0.2, 0.25) is 24.1 Å². The summed E-state index contributed by atoms with van der Waals surface area (Å²) in [5.74, 6) is -1.86. The van der Waals surface area contributed by atoms with Gasteiger partial charge in [-0.25, -0.2) is 4.98 Å². The smallest absolute Gasteiger partial charge is 0.264 e. The third kappa shape index (κ3) is 13.6. The third-order valence-electron chi connectivity index (χ3n) is 10.7. The molecule has 19 heteroatoms. The molecule has 6 amide bonds. The number of aromatic nitrogens is 2. The Labute approximate surface area is 392 Å². The highest BCUT2D eigenvalue weighted by Crippen LogP contribution is 2.33. The maximum Gasteiger partial charge on any atom is 0.264 e. The summed E-state index contributed by atoms with van der Waals surface area (Å²) in [6, 6.07) is 25.5. The molecule has 68 heavy (non-hydrogen) atoms. The monoisotopic (exact) mass is 927 g/mol. The molecule has 1 saturated heterocycles. The molecule has 2 aliphatic heterocycles. The summed E-state index contributed by atoms with van der Waals surface area (Å²) < 4.78 is 16.6. The minimum Gasteiger partial charge on any atom is -0.382 e. The van der Waals surface area contributed by atoms with E-state index in [1.807, 2.05) is 55.7 Å². The first-order valence-corrected chi connectivity index (χ1v) is 21.9. The zero-order chi connectivity index (χ0) is 48.3. The molecule has 0 aliphatic carbocycles. The van der Waals surface area contributed by atoms with Crippen molar-refractivity contribution in [2.75, 3.05) is 80.6 Å². The number of nitrogens with one attached hydrogen (secondary N) is 4. The van der Waals surface area contributed by atoms with Crippen molar-refractivity contribution in [3.05, 3.63) is 115 Å². The number of hydrogen-bond acceptors (Lipinski definition) is 15. The van der Waals surface area contributed by atoms with Gasteiger partial charge in [-0.3, -0.25) is 44.0 Å². The van der Waals surface area contributed by atoms with Crippen molar-refractivity contribution in [3.8, 4) is 22.3 Å². The second-order valence-corrected chi connectivity index (χ2v) is 15.4. The highest BCUT2D eigenvalue weighted by atomic mass is 16.5. The van der Waals surface area contributed by atoms with E-state index < -0.39 is 29.7 Å². The van der Waals surface area contributed by atoms with Crippen LogP contribution in [0.25, 0.3) is 22.3 Å². The molecule has 1 fully saturated rings. The first-order valence-electron chi connectivity index (χ1n) is 21.9. The Morgan fingerprint density at radius 2 is 1.51 bits per heavy atom. The van der Waals surface area contributed by atoms with Crippen LogP contribution in [0, 0.1) is 0 Å². The standard InChI is InChI=1S/C48H50N8O9.CH3NO/c1-55(20-2-3-21-57)38-14-9-32(10-15-38)34-11-17-42(51-29-34)52-37-27-35(28-49-30-37)33-7-12-36(13-8-33)53-44(59)31-65-26-25-64-24-23-63-22-19-50-40-6-4-5-39-45(40)48(62)56(47(39)61)41-16-18-43(58)54-46(41)60;2-1-3/h4-15,17,21,27-30,41,50H,2-3,16,18-20,22-26,31H2,1H3,(H,51,52)(H,53,59)(H,54,58,60);1H,(H2,2,3). The number of piperidine rings is 1. The summed E-state index contributed by atoms with van der Waals surface area (Å²) >= 11 is 0. The van der Waals surface area contributed by atoms with E-state index in [0.29, 0.717) is 50.0 Å². The Balaban J connectivity index is 0.00000247. The van der Waals surface area contributed by atoms with Crippen LogP contribution in [0.5, 0.6) is 0 Å². The number of carbonyl (C=O) groups is 7. The van der Waals surface area contributed by atoms with Gasteiger partial charge in [0.15, 0.2) is 0 Å². The van der Waals surface area contributed by atoms with Crippen LogP contribution in [0.15, 0.2) is 104 Å². The van der Waals surface area contributed by atoms with Gasteiger partial charge >= 0.3 is 0 Å². The average Bonchev–Trinajstić information content (AvgIpc) is 3.60. The first-order chi connectivity index (χ1) is 33.1. The average molecular weight is 928 g/mol. The van der Waals surface area contributed by atoms with Crippen molar-refractivity contribution in [1.29, 1.82) is 0 Å². The van der Waals surface area contributed by atoms with Gasteiger partial charge < -0.3 is 45.6 Å². The van der Waals surface area contributed by atoms with Crippen LogP contribution in [-0.2, 0) is 38.2 Å². The number of unbranched alkanes of at least 4 members (excludes halogenated alkanes) is 1. The number of fused-ring (bicyclic) bond motifs is 1. The number of carbonyl (C=O) groups excluding carboxylic acids is 7. The first kappa shape index (κ1) is 49.6. The lowest BCUT2D eigenvalue weighted by molar-refractivity contribution is -0.136. The van der Waals surface area contributed by atoms with Gasteiger partial charge in [0.1, 0.15) is 24.8 Å². The fourth-order valence-electron chi connectivity index (χ4n) is 7.37. The van der Waals surface area contributed by atoms with Crippen LogP contribution in [0.2, 0.25) is 0 Å². The van der Waals surface area contributed by atoms with Crippen LogP contribution >= 0.6 is 0 Å². The fraction of sp³-hybridized carbons (Fsp3) is 0.286. The molecular formula is C49H53N9O10. The Kier molecular flexibility index (Phi) is 18.3. The van der Waals surface area contributed by atoms with Gasteiger partial charge in [0.25, 0.3) is 11.8 Å². The van der Waals surface area contributed by atoms with E-state index in [1.165, 1.54) is 6.07 Å².